The maximum absolute atomic E-state index is 12.0. The van der Waals surface area contributed by atoms with E-state index < -0.39 is 18.0 Å². The van der Waals surface area contributed by atoms with Crippen LogP contribution in [0.3, 0.4) is 0 Å². The van der Waals surface area contributed by atoms with Gasteiger partial charge in [0.05, 0.1) is 23.3 Å². The maximum Gasteiger partial charge on any atom is 0.344 e. The summed E-state index contributed by atoms with van der Waals surface area (Å²) in [5.41, 5.74) is 1.32. The molecule has 1 atom stereocenters. The Kier molecular flexibility index (Phi) is 6.30. The van der Waals surface area contributed by atoms with E-state index in [-0.39, 0.29) is 6.61 Å². The highest BCUT2D eigenvalue weighted by atomic mass is 16.6. The minimum atomic E-state index is -1.03. The van der Waals surface area contributed by atoms with Crippen LogP contribution in [0.25, 0.3) is 0 Å². The predicted octanol–water partition coefficient (Wildman–Crippen LogP) is 2.38. The molecular formula is C19H15N3O4. The second-order valence-electron chi connectivity index (χ2n) is 5.24. The largest absolute Gasteiger partial charge is 0.482 e. The van der Waals surface area contributed by atoms with Gasteiger partial charge in [0.15, 0.2) is 12.7 Å². The van der Waals surface area contributed by atoms with E-state index in [2.05, 4.69) is 5.32 Å². The van der Waals surface area contributed by atoms with Crippen molar-refractivity contribution in [2.75, 3.05) is 11.9 Å². The molecule has 0 radical (unpaired) electrons. The van der Waals surface area contributed by atoms with Crippen LogP contribution >= 0.6 is 0 Å². The summed E-state index contributed by atoms with van der Waals surface area (Å²) in [6.07, 6.45) is -1.03. The summed E-state index contributed by atoms with van der Waals surface area (Å²) in [5.74, 6) is -0.819. The number of carbonyl (C=O) groups excluding carboxylic acids is 2. The molecule has 7 heteroatoms. The third kappa shape index (κ3) is 5.36. The van der Waals surface area contributed by atoms with Crippen LogP contribution in [0.1, 0.15) is 18.1 Å². The van der Waals surface area contributed by atoms with E-state index in [4.69, 9.17) is 20.0 Å². The van der Waals surface area contributed by atoms with Crippen molar-refractivity contribution in [1.82, 2.24) is 0 Å². The van der Waals surface area contributed by atoms with Gasteiger partial charge in [-0.1, -0.05) is 6.07 Å². The first kappa shape index (κ1) is 18.5. The second kappa shape index (κ2) is 8.86. The molecule has 130 valence electrons. The quantitative estimate of drug-likeness (QED) is 0.801. The standard InChI is InChI=1S/C19H15N3O4/c1-13(19(24)22-16-4-2-3-15(9-16)11-21)26-18(23)12-25-17-7-5-14(10-20)6-8-17/h2-9,13H,12H2,1H3,(H,22,24)/t13-/m1/s1. The first-order valence-electron chi connectivity index (χ1n) is 7.65. The number of esters is 1. The minimum Gasteiger partial charge on any atom is -0.482 e. The van der Waals surface area contributed by atoms with E-state index in [0.29, 0.717) is 22.6 Å². The van der Waals surface area contributed by atoms with Gasteiger partial charge in [-0.25, -0.2) is 4.79 Å². The fourth-order valence-electron chi connectivity index (χ4n) is 1.96. The summed E-state index contributed by atoms with van der Waals surface area (Å²) in [6.45, 7) is 1.07. The number of nitriles is 2. The van der Waals surface area contributed by atoms with Gasteiger partial charge in [-0.15, -0.1) is 0 Å². The molecule has 0 aliphatic heterocycles. The van der Waals surface area contributed by atoms with Gasteiger partial charge >= 0.3 is 5.97 Å². The molecule has 1 N–H and O–H groups in total. The van der Waals surface area contributed by atoms with Crippen molar-refractivity contribution in [1.29, 1.82) is 10.5 Å². The highest BCUT2D eigenvalue weighted by Gasteiger charge is 2.18. The van der Waals surface area contributed by atoms with Crippen molar-refractivity contribution >= 4 is 17.6 Å². The lowest BCUT2D eigenvalue weighted by molar-refractivity contribution is -0.155. The monoisotopic (exact) mass is 349 g/mol. The summed E-state index contributed by atoms with van der Waals surface area (Å²) in [6, 6.07) is 16.6. The third-order valence-electron chi connectivity index (χ3n) is 3.28. The summed E-state index contributed by atoms with van der Waals surface area (Å²) >= 11 is 0. The van der Waals surface area contributed by atoms with Crippen molar-refractivity contribution in [2.45, 2.75) is 13.0 Å². The van der Waals surface area contributed by atoms with E-state index in [1.165, 1.54) is 13.0 Å². The molecule has 0 saturated carbocycles. The number of carbonyl (C=O) groups is 2. The Balaban J connectivity index is 1.82. The molecule has 7 nitrogen and oxygen atoms in total. The Bertz CT molecular complexity index is 879. The molecule has 0 aliphatic carbocycles. The Morgan fingerprint density at radius 1 is 1.08 bits per heavy atom. The van der Waals surface area contributed by atoms with E-state index in [1.807, 2.05) is 12.1 Å². The Hall–Kier alpha value is -3.84. The zero-order valence-electron chi connectivity index (χ0n) is 13.9. The SMILES string of the molecule is C[C@@H](OC(=O)COc1ccc(C#N)cc1)C(=O)Nc1cccc(C#N)c1. The van der Waals surface area contributed by atoms with Gasteiger partial charge in [0.25, 0.3) is 5.91 Å². The zero-order valence-corrected chi connectivity index (χ0v) is 13.9. The molecule has 2 rings (SSSR count). The first-order valence-corrected chi connectivity index (χ1v) is 7.65. The molecular weight excluding hydrogens is 334 g/mol. The van der Waals surface area contributed by atoms with Crippen molar-refractivity contribution in [3.63, 3.8) is 0 Å². The lowest BCUT2D eigenvalue weighted by atomic mass is 10.2. The average molecular weight is 349 g/mol. The number of amides is 1. The number of ether oxygens (including phenoxy) is 2. The van der Waals surface area contributed by atoms with Crippen molar-refractivity contribution in [3.05, 3.63) is 59.7 Å². The highest BCUT2D eigenvalue weighted by Crippen LogP contribution is 2.12. The zero-order chi connectivity index (χ0) is 18.9. The van der Waals surface area contributed by atoms with Crippen LogP contribution in [0.5, 0.6) is 5.75 Å². The maximum atomic E-state index is 12.0. The predicted molar refractivity (Wildman–Crippen MR) is 92.0 cm³/mol. The summed E-state index contributed by atoms with van der Waals surface area (Å²) in [7, 11) is 0. The van der Waals surface area contributed by atoms with Crippen LogP contribution < -0.4 is 10.1 Å². The third-order valence-corrected chi connectivity index (χ3v) is 3.28. The molecule has 0 bridgehead atoms. The topological polar surface area (TPSA) is 112 Å². The molecule has 0 saturated heterocycles. The number of benzene rings is 2. The number of nitrogens with one attached hydrogen (secondary N) is 1. The molecule has 0 fully saturated rings. The van der Waals surface area contributed by atoms with Gasteiger partial charge < -0.3 is 14.8 Å². The van der Waals surface area contributed by atoms with Crippen LogP contribution in [0.15, 0.2) is 48.5 Å². The molecule has 0 aromatic heterocycles. The van der Waals surface area contributed by atoms with Crippen molar-refractivity contribution < 1.29 is 19.1 Å². The van der Waals surface area contributed by atoms with Gasteiger partial charge in [-0.3, -0.25) is 4.79 Å². The van der Waals surface area contributed by atoms with Crippen LogP contribution in [-0.2, 0) is 14.3 Å². The molecule has 1 amide bonds. The van der Waals surface area contributed by atoms with Gasteiger partial charge in [-0.2, -0.15) is 10.5 Å². The normalized spacial score (nSPS) is 10.7. The smallest absolute Gasteiger partial charge is 0.344 e. The van der Waals surface area contributed by atoms with Crippen LogP contribution in [0.4, 0.5) is 5.69 Å². The van der Waals surface area contributed by atoms with Gasteiger partial charge in [0, 0.05) is 5.69 Å². The Morgan fingerprint density at radius 2 is 1.77 bits per heavy atom. The number of rotatable bonds is 6. The summed E-state index contributed by atoms with van der Waals surface area (Å²) in [4.78, 5) is 23.8. The van der Waals surface area contributed by atoms with E-state index >= 15 is 0 Å². The number of nitrogens with zero attached hydrogens (tertiary/aromatic N) is 2. The number of hydrogen-bond donors (Lipinski definition) is 1. The minimum absolute atomic E-state index is 0.368. The van der Waals surface area contributed by atoms with E-state index in [0.717, 1.165) is 0 Å². The fraction of sp³-hybridized carbons (Fsp3) is 0.158. The summed E-state index contributed by atoms with van der Waals surface area (Å²) < 4.78 is 10.3. The number of anilines is 1. The van der Waals surface area contributed by atoms with Gasteiger partial charge in [0.2, 0.25) is 0 Å². The number of hydrogen-bond acceptors (Lipinski definition) is 6. The van der Waals surface area contributed by atoms with Crippen molar-refractivity contribution in [2.24, 2.45) is 0 Å². The van der Waals surface area contributed by atoms with E-state index in [1.54, 1.807) is 42.5 Å². The lowest BCUT2D eigenvalue weighted by Crippen LogP contribution is -2.31. The van der Waals surface area contributed by atoms with Crippen LogP contribution in [0.2, 0.25) is 0 Å². The fourth-order valence-corrected chi connectivity index (χ4v) is 1.96. The average Bonchev–Trinajstić information content (AvgIpc) is 2.66. The molecule has 0 heterocycles. The highest BCUT2D eigenvalue weighted by molar-refractivity contribution is 5.95. The second-order valence-corrected chi connectivity index (χ2v) is 5.24. The van der Waals surface area contributed by atoms with E-state index in [9.17, 15) is 9.59 Å². The molecule has 26 heavy (non-hydrogen) atoms. The molecule has 2 aromatic rings. The summed E-state index contributed by atoms with van der Waals surface area (Å²) in [5, 5.41) is 20.1. The van der Waals surface area contributed by atoms with Crippen LogP contribution in [-0.4, -0.2) is 24.6 Å². The van der Waals surface area contributed by atoms with Crippen LogP contribution in [0, 0.1) is 22.7 Å². The lowest BCUT2D eigenvalue weighted by Gasteiger charge is -2.14. The van der Waals surface area contributed by atoms with Gasteiger partial charge in [0.1, 0.15) is 5.75 Å². The molecule has 2 aromatic carbocycles. The van der Waals surface area contributed by atoms with Gasteiger partial charge in [-0.05, 0) is 49.4 Å². The molecule has 0 unspecified atom stereocenters. The Labute approximate surface area is 150 Å². The first-order chi connectivity index (χ1) is 12.5. The Morgan fingerprint density at radius 3 is 2.42 bits per heavy atom. The molecule has 0 spiro atoms. The molecule has 0 aliphatic rings. The van der Waals surface area contributed by atoms with Crippen molar-refractivity contribution in [3.8, 4) is 17.9 Å².